The van der Waals surface area contributed by atoms with E-state index in [-0.39, 0.29) is 11.5 Å². The summed E-state index contributed by atoms with van der Waals surface area (Å²) >= 11 is 0. The highest BCUT2D eigenvalue weighted by molar-refractivity contribution is 5.95. The fourth-order valence-electron chi connectivity index (χ4n) is 2.93. The molecule has 0 amide bonds. The highest BCUT2D eigenvalue weighted by atomic mass is 16.5. The summed E-state index contributed by atoms with van der Waals surface area (Å²) in [7, 11) is 0. The summed E-state index contributed by atoms with van der Waals surface area (Å²) in [6.07, 6.45) is 1.86. The Morgan fingerprint density at radius 2 is 1.92 bits per heavy atom. The van der Waals surface area contributed by atoms with E-state index in [9.17, 15) is 0 Å². The van der Waals surface area contributed by atoms with Crippen molar-refractivity contribution >= 4 is 16.9 Å². The number of hydrogen-bond acceptors (Lipinski definition) is 3. The number of aromatic nitrogens is 2. The van der Waals surface area contributed by atoms with Crippen molar-refractivity contribution in [2.45, 2.75) is 26.8 Å². The average molecular weight is 319 g/mol. The van der Waals surface area contributed by atoms with Crippen LogP contribution in [0.4, 0.5) is 0 Å². The molecule has 122 valence electrons. The van der Waals surface area contributed by atoms with E-state index in [1.165, 1.54) is 0 Å². The van der Waals surface area contributed by atoms with Gasteiger partial charge in [-0.3, -0.25) is 4.57 Å². The van der Waals surface area contributed by atoms with Gasteiger partial charge in [0.05, 0.1) is 17.1 Å². The molecule has 4 rings (SSSR count). The minimum Gasteiger partial charge on any atom is -0.475 e. The molecule has 4 nitrogen and oxygen atoms in total. The lowest BCUT2D eigenvalue weighted by Gasteiger charge is -2.21. The van der Waals surface area contributed by atoms with Crippen molar-refractivity contribution in [1.29, 1.82) is 0 Å². The molecule has 24 heavy (non-hydrogen) atoms. The Balaban J connectivity index is 1.73. The summed E-state index contributed by atoms with van der Waals surface area (Å²) in [5.41, 5.74) is 4.27. The predicted octanol–water partition coefficient (Wildman–Crippen LogP) is 4.22. The smallest absolute Gasteiger partial charge is 0.216 e. The first-order valence-electron chi connectivity index (χ1n) is 8.26. The van der Waals surface area contributed by atoms with Gasteiger partial charge in [0.15, 0.2) is 0 Å². The van der Waals surface area contributed by atoms with Crippen LogP contribution in [0, 0.1) is 5.41 Å². The molecule has 2 aromatic carbocycles. The van der Waals surface area contributed by atoms with Gasteiger partial charge in [-0.05, 0) is 35.7 Å². The number of imidazole rings is 1. The standard InChI is InChI=1S/C20H21N3O/c1-20(2,3)18-12-24-19(22-18)14-7-6-8-15(11-14)23-13-21-16-9-4-5-10-17(16)23/h4-11,13,18H,12H2,1-3H3. The quantitative estimate of drug-likeness (QED) is 0.709. The largest absolute Gasteiger partial charge is 0.475 e. The van der Waals surface area contributed by atoms with Gasteiger partial charge in [-0.1, -0.05) is 39.0 Å². The molecule has 0 radical (unpaired) electrons. The van der Waals surface area contributed by atoms with Crippen molar-refractivity contribution in [1.82, 2.24) is 9.55 Å². The topological polar surface area (TPSA) is 39.4 Å². The first-order chi connectivity index (χ1) is 11.5. The lowest BCUT2D eigenvalue weighted by molar-refractivity contribution is 0.236. The Bertz CT molecular complexity index is 918. The number of rotatable bonds is 2. The first kappa shape index (κ1) is 14.9. The highest BCUT2D eigenvalue weighted by Crippen LogP contribution is 2.28. The van der Waals surface area contributed by atoms with Crippen molar-refractivity contribution in [2.75, 3.05) is 6.61 Å². The van der Waals surface area contributed by atoms with Crippen LogP contribution < -0.4 is 0 Å². The van der Waals surface area contributed by atoms with Gasteiger partial charge in [0.1, 0.15) is 12.9 Å². The van der Waals surface area contributed by atoms with E-state index in [0.717, 1.165) is 28.2 Å². The second kappa shape index (κ2) is 5.48. The summed E-state index contributed by atoms with van der Waals surface area (Å²) in [6.45, 7) is 7.24. The van der Waals surface area contributed by atoms with Crippen LogP contribution in [-0.4, -0.2) is 28.1 Å². The molecule has 0 saturated carbocycles. The minimum atomic E-state index is 0.111. The maximum atomic E-state index is 5.86. The van der Waals surface area contributed by atoms with Crippen LogP contribution in [0.3, 0.4) is 0 Å². The summed E-state index contributed by atoms with van der Waals surface area (Å²) < 4.78 is 7.96. The van der Waals surface area contributed by atoms with E-state index in [4.69, 9.17) is 9.73 Å². The maximum Gasteiger partial charge on any atom is 0.216 e. The molecule has 0 bridgehead atoms. The van der Waals surface area contributed by atoms with Crippen LogP contribution in [-0.2, 0) is 4.74 Å². The van der Waals surface area contributed by atoms with Gasteiger partial charge in [-0.2, -0.15) is 0 Å². The van der Waals surface area contributed by atoms with E-state index in [0.29, 0.717) is 6.61 Å². The summed E-state index contributed by atoms with van der Waals surface area (Å²) in [4.78, 5) is 9.25. The number of para-hydroxylation sites is 2. The molecule has 4 heteroatoms. The van der Waals surface area contributed by atoms with E-state index in [1.54, 1.807) is 0 Å². The van der Waals surface area contributed by atoms with Crippen molar-refractivity contribution in [2.24, 2.45) is 10.4 Å². The van der Waals surface area contributed by atoms with Gasteiger partial charge < -0.3 is 4.74 Å². The molecule has 0 spiro atoms. The Hall–Kier alpha value is -2.62. The number of hydrogen-bond donors (Lipinski definition) is 0. The summed E-state index contributed by atoms with van der Waals surface area (Å²) in [5.74, 6) is 0.737. The van der Waals surface area contributed by atoms with Crippen molar-refractivity contribution in [3.05, 3.63) is 60.4 Å². The maximum absolute atomic E-state index is 5.86. The van der Waals surface area contributed by atoms with Crippen LogP contribution in [0.25, 0.3) is 16.7 Å². The van der Waals surface area contributed by atoms with Gasteiger partial charge in [0, 0.05) is 11.3 Å². The van der Waals surface area contributed by atoms with Crippen LogP contribution >= 0.6 is 0 Å². The van der Waals surface area contributed by atoms with Crippen molar-refractivity contribution in [3.8, 4) is 5.69 Å². The number of nitrogens with zero attached hydrogens (tertiary/aromatic N) is 3. The second-order valence-corrected chi connectivity index (χ2v) is 7.28. The lowest BCUT2D eigenvalue weighted by Crippen LogP contribution is -2.25. The van der Waals surface area contributed by atoms with Crippen LogP contribution in [0.1, 0.15) is 26.3 Å². The normalized spacial score (nSPS) is 17.8. The Morgan fingerprint density at radius 3 is 2.71 bits per heavy atom. The molecule has 3 aromatic rings. The van der Waals surface area contributed by atoms with Crippen molar-refractivity contribution in [3.63, 3.8) is 0 Å². The zero-order valence-electron chi connectivity index (χ0n) is 14.2. The molecule has 0 aliphatic carbocycles. The van der Waals surface area contributed by atoms with Gasteiger partial charge in [-0.25, -0.2) is 9.98 Å². The molecule has 1 aromatic heterocycles. The lowest BCUT2D eigenvalue weighted by atomic mass is 9.88. The van der Waals surface area contributed by atoms with Gasteiger partial charge in [-0.15, -0.1) is 0 Å². The van der Waals surface area contributed by atoms with Gasteiger partial charge >= 0.3 is 0 Å². The number of benzene rings is 2. The van der Waals surface area contributed by atoms with Gasteiger partial charge in [0.25, 0.3) is 0 Å². The Labute approximate surface area is 141 Å². The molecule has 0 fully saturated rings. The number of fused-ring (bicyclic) bond motifs is 1. The zero-order chi connectivity index (χ0) is 16.7. The van der Waals surface area contributed by atoms with Crippen molar-refractivity contribution < 1.29 is 4.74 Å². The van der Waals surface area contributed by atoms with Crippen LogP contribution in [0.2, 0.25) is 0 Å². The molecule has 0 saturated heterocycles. The van der Waals surface area contributed by atoms with E-state index in [2.05, 4.69) is 48.5 Å². The fraction of sp³-hybridized carbons (Fsp3) is 0.300. The Morgan fingerprint density at radius 1 is 1.08 bits per heavy atom. The average Bonchev–Trinajstić information content (AvgIpc) is 3.22. The fourth-order valence-corrected chi connectivity index (χ4v) is 2.93. The van der Waals surface area contributed by atoms with E-state index in [1.807, 2.05) is 36.7 Å². The van der Waals surface area contributed by atoms with Gasteiger partial charge in [0.2, 0.25) is 5.90 Å². The Kier molecular flexibility index (Phi) is 3.41. The van der Waals surface area contributed by atoms with E-state index >= 15 is 0 Å². The van der Waals surface area contributed by atoms with Crippen LogP contribution in [0.15, 0.2) is 59.9 Å². The minimum absolute atomic E-state index is 0.111. The molecule has 0 N–H and O–H groups in total. The third-order valence-electron chi connectivity index (χ3n) is 4.48. The highest BCUT2D eigenvalue weighted by Gasteiger charge is 2.30. The van der Waals surface area contributed by atoms with E-state index < -0.39 is 0 Å². The number of ether oxygens (including phenoxy) is 1. The SMILES string of the molecule is CC(C)(C)C1COC(c2cccc(-n3cnc4ccccc43)c2)=N1. The predicted molar refractivity (Wildman–Crippen MR) is 96.8 cm³/mol. The third kappa shape index (κ3) is 2.58. The summed E-state index contributed by atoms with van der Waals surface area (Å²) in [6, 6.07) is 16.6. The molecule has 2 heterocycles. The second-order valence-electron chi connectivity index (χ2n) is 7.28. The van der Waals surface area contributed by atoms with Crippen LogP contribution in [0.5, 0.6) is 0 Å². The number of aliphatic imine (C=N–C) groups is 1. The molecule has 1 atom stereocenters. The zero-order valence-corrected chi connectivity index (χ0v) is 14.2. The molecule has 1 aliphatic heterocycles. The molecular formula is C20H21N3O. The first-order valence-corrected chi connectivity index (χ1v) is 8.26. The summed E-state index contributed by atoms with van der Waals surface area (Å²) in [5, 5.41) is 0. The monoisotopic (exact) mass is 319 g/mol. The molecular weight excluding hydrogens is 298 g/mol. The third-order valence-corrected chi connectivity index (χ3v) is 4.48. The molecule has 1 unspecified atom stereocenters. The molecule has 1 aliphatic rings.